The Morgan fingerprint density at radius 1 is 1.35 bits per heavy atom. The van der Waals surface area contributed by atoms with Crippen molar-refractivity contribution in [3.05, 3.63) is 64.6 Å². The van der Waals surface area contributed by atoms with Gasteiger partial charge in [0.05, 0.1) is 17.2 Å². The molecule has 1 aromatic rings. The largest absolute Gasteiger partial charge is 0.511 e. The van der Waals surface area contributed by atoms with Gasteiger partial charge in [0.2, 0.25) is 0 Å². The van der Waals surface area contributed by atoms with Gasteiger partial charge in [-0.05, 0) is 55.0 Å². The number of carbonyl (C=O) groups excluding carboxylic acids is 1. The summed E-state index contributed by atoms with van der Waals surface area (Å²) in [6.45, 7) is 0. The number of carbonyl (C=O) groups is 1. The summed E-state index contributed by atoms with van der Waals surface area (Å²) < 4.78 is 3.32. The zero-order chi connectivity index (χ0) is 18.1. The number of amides is 1. The molecule has 0 aromatic heterocycles. The van der Waals surface area contributed by atoms with Gasteiger partial charge in [-0.3, -0.25) is 13.3 Å². The van der Waals surface area contributed by atoms with Crippen LogP contribution in [-0.2, 0) is 11.2 Å². The van der Waals surface area contributed by atoms with Crippen LogP contribution in [0.1, 0.15) is 36.4 Å². The standard InChI is InChI=1S/C20H20IN3O2/c21-24-18-7-3-4-12-8-9-13(10-15(12)18)23-20(26)16-11-22-17-6-2-1-5-14(17)19(16)25/h1-2,6,8-11,14,18,24-25H,3-5,7H2,(H,23,26). The molecule has 1 amide bonds. The predicted octanol–water partition coefficient (Wildman–Crippen LogP) is 4.30. The Labute approximate surface area is 166 Å². The number of anilines is 1. The van der Waals surface area contributed by atoms with E-state index in [0.29, 0.717) is 12.5 Å². The fourth-order valence-corrected chi connectivity index (χ4v) is 4.41. The van der Waals surface area contributed by atoms with E-state index in [0.717, 1.165) is 24.2 Å². The molecule has 134 valence electrons. The second-order valence-corrected chi connectivity index (χ2v) is 7.41. The molecule has 2 aliphatic carbocycles. The number of dihydropyridines is 1. The number of benzene rings is 1. The Hall–Kier alpha value is -1.93. The molecule has 2 unspecified atom stereocenters. The molecular formula is C20H20IN3O2. The average Bonchev–Trinajstić information content (AvgIpc) is 2.68. The predicted molar refractivity (Wildman–Crippen MR) is 111 cm³/mol. The Morgan fingerprint density at radius 2 is 2.23 bits per heavy atom. The highest BCUT2D eigenvalue weighted by atomic mass is 127. The monoisotopic (exact) mass is 461 g/mol. The smallest absolute Gasteiger partial charge is 0.260 e. The molecule has 0 spiro atoms. The highest BCUT2D eigenvalue weighted by Crippen LogP contribution is 2.34. The molecular weight excluding hydrogens is 441 g/mol. The summed E-state index contributed by atoms with van der Waals surface area (Å²) >= 11 is 2.19. The molecule has 4 rings (SSSR count). The van der Waals surface area contributed by atoms with Gasteiger partial charge >= 0.3 is 0 Å². The maximum Gasteiger partial charge on any atom is 0.260 e. The summed E-state index contributed by atoms with van der Waals surface area (Å²) in [5.41, 5.74) is 4.34. The van der Waals surface area contributed by atoms with Crippen molar-refractivity contribution >= 4 is 40.7 Å². The van der Waals surface area contributed by atoms with E-state index in [1.165, 1.54) is 23.8 Å². The molecule has 0 radical (unpaired) electrons. The fourth-order valence-electron chi connectivity index (χ4n) is 3.76. The zero-order valence-corrected chi connectivity index (χ0v) is 16.4. The van der Waals surface area contributed by atoms with Crippen LogP contribution >= 0.6 is 22.9 Å². The summed E-state index contributed by atoms with van der Waals surface area (Å²) in [6.07, 6.45) is 11.2. The van der Waals surface area contributed by atoms with Crippen LogP contribution in [0, 0.1) is 5.92 Å². The van der Waals surface area contributed by atoms with Gasteiger partial charge in [-0.1, -0.05) is 18.2 Å². The number of hydrogen-bond donors (Lipinski definition) is 3. The Kier molecular flexibility index (Phi) is 4.95. The number of aliphatic hydroxyl groups excluding tert-OH is 1. The van der Waals surface area contributed by atoms with E-state index < -0.39 is 0 Å². The minimum atomic E-state index is -0.324. The molecule has 5 nitrogen and oxygen atoms in total. The number of rotatable bonds is 3. The number of aliphatic hydroxyl groups is 1. The van der Waals surface area contributed by atoms with Crippen molar-refractivity contribution in [3.8, 4) is 0 Å². The first-order valence-corrected chi connectivity index (χ1v) is 9.89. The van der Waals surface area contributed by atoms with Crippen LogP contribution in [-0.4, -0.2) is 17.2 Å². The third kappa shape index (κ3) is 3.23. The van der Waals surface area contributed by atoms with Gasteiger partial charge in [0.25, 0.3) is 5.91 Å². The quantitative estimate of drug-likeness (QED) is 0.465. The summed E-state index contributed by atoms with van der Waals surface area (Å²) in [7, 11) is 0. The molecule has 1 aromatic carbocycles. The Bertz CT molecular complexity index is 870. The normalized spacial score (nSPS) is 24.0. The molecule has 1 heterocycles. The van der Waals surface area contributed by atoms with Crippen LogP contribution < -0.4 is 8.85 Å². The number of nitrogens with zero attached hydrogens (tertiary/aromatic N) is 1. The SMILES string of the molecule is O=C(Nc1ccc2c(c1)C(NI)CCC2)C1=C(O)C2CC=CC=C2N=C1. The van der Waals surface area contributed by atoms with Gasteiger partial charge < -0.3 is 10.4 Å². The zero-order valence-electron chi connectivity index (χ0n) is 14.2. The van der Waals surface area contributed by atoms with Gasteiger partial charge in [0, 0.05) is 40.8 Å². The molecule has 0 fully saturated rings. The third-order valence-electron chi connectivity index (χ3n) is 5.18. The first-order chi connectivity index (χ1) is 12.7. The third-order valence-corrected chi connectivity index (χ3v) is 5.93. The minimum Gasteiger partial charge on any atom is -0.511 e. The van der Waals surface area contributed by atoms with Gasteiger partial charge in [0.15, 0.2) is 0 Å². The van der Waals surface area contributed by atoms with Crippen molar-refractivity contribution in [2.24, 2.45) is 10.9 Å². The summed E-state index contributed by atoms with van der Waals surface area (Å²) in [5, 5.41) is 13.4. The first-order valence-electron chi connectivity index (χ1n) is 8.81. The summed E-state index contributed by atoms with van der Waals surface area (Å²) in [5.74, 6) is -0.450. The van der Waals surface area contributed by atoms with E-state index in [4.69, 9.17) is 0 Å². The van der Waals surface area contributed by atoms with E-state index >= 15 is 0 Å². The summed E-state index contributed by atoms with van der Waals surface area (Å²) in [4.78, 5) is 17.0. The number of hydrogen-bond acceptors (Lipinski definition) is 4. The Morgan fingerprint density at radius 3 is 3.08 bits per heavy atom. The van der Waals surface area contributed by atoms with Crippen LogP contribution in [0.4, 0.5) is 5.69 Å². The maximum atomic E-state index is 12.7. The number of aliphatic imine (C=N–C) groups is 1. The van der Waals surface area contributed by atoms with E-state index in [9.17, 15) is 9.90 Å². The second kappa shape index (κ2) is 7.36. The first kappa shape index (κ1) is 17.5. The van der Waals surface area contributed by atoms with Crippen molar-refractivity contribution in [2.45, 2.75) is 31.7 Å². The van der Waals surface area contributed by atoms with Crippen molar-refractivity contribution in [1.82, 2.24) is 3.53 Å². The molecule has 0 saturated heterocycles. The lowest BCUT2D eigenvalue weighted by atomic mass is 9.88. The molecule has 3 aliphatic rings. The number of halogens is 1. The lowest BCUT2D eigenvalue weighted by molar-refractivity contribution is -0.112. The van der Waals surface area contributed by atoms with Crippen LogP contribution in [0.5, 0.6) is 0 Å². The fraction of sp³-hybridized carbons (Fsp3) is 0.300. The average molecular weight is 461 g/mol. The second-order valence-electron chi connectivity index (χ2n) is 6.79. The lowest BCUT2D eigenvalue weighted by Crippen LogP contribution is -2.24. The van der Waals surface area contributed by atoms with Gasteiger partial charge in [0.1, 0.15) is 5.76 Å². The van der Waals surface area contributed by atoms with E-state index in [1.54, 1.807) is 0 Å². The van der Waals surface area contributed by atoms with Crippen molar-refractivity contribution in [2.75, 3.05) is 5.32 Å². The van der Waals surface area contributed by atoms with Crippen molar-refractivity contribution in [1.29, 1.82) is 0 Å². The topological polar surface area (TPSA) is 73.7 Å². The molecule has 26 heavy (non-hydrogen) atoms. The number of aryl methyl sites for hydroxylation is 1. The Balaban J connectivity index is 1.56. The highest BCUT2D eigenvalue weighted by Gasteiger charge is 2.28. The van der Waals surface area contributed by atoms with Gasteiger partial charge in [-0.25, -0.2) is 0 Å². The van der Waals surface area contributed by atoms with Crippen LogP contribution in [0.25, 0.3) is 0 Å². The molecule has 1 aliphatic heterocycles. The van der Waals surface area contributed by atoms with Crippen molar-refractivity contribution in [3.63, 3.8) is 0 Å². The highest BCUT2D eigenvalue weighted by molar-refractivity contribution is 14.1. The van der Waals surface area contributed by atoms with Crippen LogP contribution in [0.3, 0.4) is 0 Å². The number of nitrogens with one attached hydrogen (secondary N) is 2. The number of fused-ring (bicyclic) bond motifs is 2. The molecule has 2 atom stereocenters. The lowest BCUT2D eigenvalue weighted by Gasteiger charge is -2.25. The van der Waals surface area contributed by atoms with E-state index in [2.05, 4.69) is 42.8 Å². The minimum absolute atomic E-state index is 0.0952. The van der Waals surface area contributed by atoms with E-state index in [-0.39, 0.29) is 23.2 Å². The van der Waals surface area contributed by atoms with Crippen LogP contribution in [0.15, 0.2) is 58.4 Å². The molecule has 0 bridgehead atoms. The molecule has 3 N–H and O–H groups in total. The van der Waals surface area contributed by atoms with Crippen molar-refractivity contribution < 1.29 is 9.90 Å². The van der Waals surface area contributed by atoms with E-state index in [1.807, 2.05) is 30.4 Å². The molecule has 6 heteroatoms. The van der Waals surface area contributed by atoms with Crippen LogP contribution in [0.2, 0.25) is 0 Å². The molecule has 0 saturated carbocycles. The maximum absolute atomic E-state index is 12.7. The summed E-state index contributed by atoms with van der Waals surface area (Å²) in [6, 6.07) is 6.36. The number of allylic oxidation sites excluding steroid dienone is 3. The van der Waals surface area contributed by atoms with Gasteiger partial charge in [-0.2, -0.15) is 0 Å². The van der Waals surface area contributed by atoms with Gasteiger partial charge in [-0.15, -0.1) is 0 Å².